The highest BCUT2D eigenvalue weighted by Gasteiger charge is 2.53. The number of ether oxygens (including phenoxy) is 1. The van der Waals surface area contributed by atoms with Crippen LogP contribution in [-0.2, 0) is 9.53 Å². The first kappa shape index (κ1) is 14.3. The van der Waals surface area contributed by atoms with Gasteiger partial charge in [-0.25, -0.2) is 0 Å². The first-order chi connectivity index (χ1) is 7.85. The highest BCUT2D eigenvalue weighted by atomic mass is 16.7. The van der Waals surface area contributed by atoms with Crippen molar-refractivity contribution in [2.24, 2.45) is 0 Å². The van der Waals surface area contributed by atoms with Crippen LogP contribution in [0.2, 0.25) is 0 Å². The Morgan fingerprint density at radius 1 is 1.35 bits per heavy atom. The predicted octanol–water partition coefficient (Wildman–Crippen LogP) is -3.37. The fraction of sp³-hybridized carbons (Fsp3) is 0.889. The van der Waals surface area contributed by atoms with Gasteiger partial charge in [0.25, 0.3) is 5.91 Å². The van der Waals surface area contributed by atoms with Crippen molar-refractivity contribution in [1.29, 1.82) is 0 Å². The van der Waals surface area contributed by atoms with Crippen molar-refractivity contribution in [3.63, 3.8) is 0 Å². The molecule has 1 rings (SSSR count). The third-order valence-corrected chi connectivity index (χ3v) is 2.61. The lowest BCUT2D eigenvalue weighted by molar-refractivity contribution is -0.358. The van der Waals surface area contributed by atoms with Crippen molar-refractivity contribution in [3.8, 4) is 0 Å². The summed E-state index contributed by atoms with van der Waals surface area (Å²) in [5.74, 6) is -3.15. The van der Waals surface area contributed by atoms with E-state index in [1.54, 1.807) is 0 Å². The Kier molecular flexibility index (Phi) is 4.42. The van der Waals surface area contributed by atoms with E-state index in [1.807, 2.05) is 5.32 Å². The molecule has 1 aliphatic rings. The van der Waals surface area contributed by atoms with E-state index >= 15 is 0 Å². The second-order valence-corrected chi connectivity index (χ2v) is 3.86. The van der Waals surface area contributed by atoms with Gasteiger partial charge < -0.3 is 35.6 Å². The van der Waals surface area contributed by atoms with E-state index in [-0.39, 0.29) is 6.42 Å². The summed E-state index contributed by atoms with van der Waals surface area (Å²) < 4.78 is 4.80. The molecular formula is C9H17NO7. The second kappa shape index (κ2) is 5.25. The Labute approximate surface area is 97.4 Å². The lowest BCUT2D eigenvalue weighted by Gasteiger charge is -2.45. The number of aliphatic hydroxyl groups is 5. The maximum atomic E-state index is 11.1. The number of carbonyl (C=O) groups excluding carboxylic acids is 1. The number of carbonyl (C=O) groups is 1. The van der Waals surface area contributed by atoms with E-state index in [9.17, 15) is 25.2 Å². The van der Waals surface area contributed by atoms with Crippen LogP contribution >= 0.6 is 0 Å². The van der Waals surface area contributed by atoms with Gasteiger partial charge in [0.1, 0.15) is 18.3 Å². The summed E-state index contributed by atoms with van der Waals surface area (Å²) in [5, 5.41) is 49.1. The Balaban J connectivity index is 2.86. The van der Waals surface area contributed by atoms with Crippen LogP contribution in [0.5, 0.6) is 0 Å². The number of amides is 1. The molecule has 1 saturated heterocycles. The average Bonchev–Trinajstić information content (AvgIpc) is 2.31. The lowest BCUT2D eigenvalue weighted by atomic mass is 9.96. The molecule has 0 unspecified atom stereocenters. The van der Waals surface area contributed by atoms with Gasteiger partial charge in [0.2, 0.25) is 5.91 Å². The lowest BCUT2D eigenvalue weighted by Crippen LogP contribution is -2.71. The molecule has 8 heteroatoms. The monoisotopic (exact) mass is 251 g/mol. The van der Waals surface area contributed by atoms with Crippen molar-refractivity contribution < 1.29 is 35.1 Å². The maximum absolute atomic E-state index is 11.1. The summed E-state index contributed by atoms with van der Waals surface area (Å²) in [5.41, 5.74) is 0. The first-order valence-electron chi connectivity index (χ1n) is 5.22. The molecule has 100 valence electrons. The zero-order valence-corrected chi connectivity index (χ0v) is 9.28. The Morgan fingerprint density at radius 3 is 2.41 bits per heavy atom. The molecule has 8 nitrogen and oxygen atoms in total. The van der Waals surface area contributed by atoms with Crippen molar-refractivity contribution in [2.75, 3.05) is 6.61 Å². The number of rotatable bonds is 3. The second-order valence-electron chi connectivity index (χ2n) is 3.86. The molecule has 5 atom stereocenters. The van der Waals surface area contributed by atoms with Gasteiger partial charge in [-0.1, -0.05) is 6.92 Å². The number of aliphatic hydroxyl groups excluding tert-OH is 4. The van der Waals surface area contributed by atoms with E-state index < -0.39 is 42.8 Å². The number of nitrogens with one attached hydrogen (secondary N) is 1. The van der Waals surface area contributed by atoms with Gasteiger partial charge in [0.15, 0.2) is 6.10 Å². The van der Waals surface area contributed by atoms with E-state index in [1.165, 1.54) is 6.92 Å². The zero-order chi connectivity index (χ0) is 13.2. The Morgan fingerprint density at radius 2 is 1.94 bits per heavy atom. The minimum Gasteiger partial charge on any atom is -0.394 e. The standard InChI is InChI=1S/C9H17NO7/c1-2-5(12)10-9(16)8(15)7(14)6(13)4(3-11)17-9/h4,6-8,11,13-16H,2-3H2,1H3,(H,10,12)/t4-,6+,7+,8-,9+/m1/s1. The number of hydrogen-bond donors (Lipinski definition) is 6. The third kappa shape index (κ3) is 2.73. The van der Waals surface area contributed by atoms with Crippen LogP contribution in [-0.4, -0.2) is 68.4 Å². The molecule has 6 N–H and O–H groups in total. The Bertz CT molecular complexity index is 285. The molecule has 0 saturated carbocycles. The molecule has 0 aromatic heterocycles. The topological polar surface area (TPSA) is 139 Å². The first-order valence-corrected chi connectivity index (χ1v) is 5.22. The summed E-state index contributed by atoms with van der Waals surface area (Å²) in [6, 6.07) is 0. The van der Waals surface area contributed by atoms with Gasteiger partial charge in [-0.05, 0) is 0 Å². The SMILES string of the molecule is CCC(=O)N[C@@]1(O)O[C@H](CO)[C@H](O)[C@H](O)[C@H]1O. The highest BCUT2D eigenvalue weighted by Crippen LogP contribution is 2.26. The van der Waals surface area contributed by atoms with Crippen LogP contribution < -0.4 is 5.32 Å². The molecule has 0 aliphatic carbocycles. The molecule has 0 bridgehead atoms. The predicted molar refractivity (Wildman–Crippen MR) is 53.4 cm³/mol. The molecule has 1 heterocycles. The molecule has 1 amide bonds. The molecule has 1 fully saturated rings. The summed E-state index contributed by atoms with van der Waals surface area (Å²) in [6.45, 7) is 0.831. The Hall–Kier alpha value is -0.770. The van der Waals surface area contributed by atoms with Crippen LogP contribution in [0.3, 0.4) is 0 Å². The number of hydrogen-bond acceptors (Lipinski definition) is 7. The van der Waals surface area contributed by atoms with Gasteiger partial charge in [-0.3, -0.25) is 4.79 Å². The van der Waals surface area contributed by atoms with Crippen LogP contribution in [0.4, 0.5) is 0 Å². The van der Waals surface area contributed by atoms with E-state index in [0.717, 1.165) is 0 Å². The van der Waals surface area contributed by atoms with E-state index in [4.69, 9.17) is 9.84 Å². The molecule has 0 spiro atoms. The van der Waals surface area contributed by atoms with Crippen molar-refractivity contribution in [1.82, 2.24) is 5.32 Å². The molecule has 0 aromatic rings. The quantitative estimate of drug-likeness (QED) is 0.288. The minimum atomic E-state index is -2.53. The molecule has 0 radical (unpaired) electrons. The van der Waals surface area contributed by atoms with Gasteiger partial charge in [-0.2, -0.15) is 0 Å². The summed E-state index contributed by atoms with van der Waals surface area (Å²) in [6.07, 6.45) is -6.51. The van der Waals surface area contributed by atoms with Gasteiger partial charge in [0, 0.05) is 6.42 Å². The van der Waals surface area contributed by atoms with Gasteiger partial charge in [-0.15, -0.1) is 0 Å². The summed E-state index contributed by atoms with van der Waals surface area (Å²) in [4.78, 5) is 11.1. The largest absolute Gasteiger partial charge is 0.394 e. The van der Waals surface area contributed by atoms with Crippen LogP contribution in [0.25, 0.3) is 0 Å². The van der Waals surface area contributed by atoms with Crippen LogP contribution in [0, 0.1) is 0 Å². The van der Waals surface area contributed by atoms with Crippen molar-refractivity contribution >= 4 is 5.91 Å². The zero-order valence-electron chi connectivity index (χ0n) is 9.28. The summed E-state index contributed by atoms with van der Waals surface area (Å²) in [7, 11) is 0. The van der Waals surface area contributed by atoms with E-state index in [2.05, 4.69) is 0 Å². The maximum Gasteiger partial charge on any atom is 0.279 e. The fourth-order valence-corrected chi connectivity index (χ4v) is 1.55. The molecule has 0 aromatic carbocycles. The van der Waals surface area contributed by atoms with Crippen LogP contribution in [0.15, 0.2) is 0 Å². The molecule has 17 heavy (non-hydrogen) atoms. The summed E-state index contributed by atoms with van der Waals surface area (Å²) >= 11 is 0. The minimum absolute atomic E-state index is 0.0286. The fourth-order valence-electron chi connectivity index (χ4n) is 1.55. The van der Waals surface area contributed by atoms with Gasteiger partial charge in [0.05, 0.1) is 6.61 Å². The highest BCUT2D eigenvalue weighted by molar-refractivity contribution is 5.76. The van der Waals surface area contributed by atoms with Gasteiger partial charge >= 0.3 is 0 Å². The van der Waals surface area contributed by atoms with Crippen molar-refractivity contribution in [2.45, 2.75) is 43.7 Å². The third-order valence-electron chi connectivity index (χ3n) is 2.61. The van der Waals surface area contributed by atoms with E-state index in [0.29, 0.717) is 0 Å². The normalized spacial score (nSPS) is 42.2. The van der Waals surface area contributed by atoms with Crippen molar-refractivity contribution in [3.05, 3.63) is 0 Å². The smallest absolute Gasteiger partial charge is 0.279 e. The molecular weight excluding hydrogens is 234 g/mol. The molecule has 1 aliphatic heterocycles. The van der Waals surface area contributed by atoms with Crippen LogP contribution in [0.1, 0.15) is 13.3 Å². The average molecular weight is 251 g/mol.